The van der Waals surface area contributed by atoms with Crippen LogP contribution in [0.2, 0.25) is 0 Å². The van der Waals surface area contributed by atoms with Gasteiger partial charge in [-0.3, -0.25) is 0 Å². The number of hydrogen-bond donors (Lipinski definition) is 0. The molecule has 0 atom stereocenters. The second-order valence-electron chi connectivity index (χ2n) is 7.34. The summed E-state index contributed by atoms with van der Waals surface area (Å²) in [6.45, 7) is 14.0. The highest BCUT2D eigenvalue weighted by molar-refractivity contribution is 5.26. The summed E-state index contributed by atoms with van der Waals surface area (Å²) in [5.41, 5.74) is 1.21. The quantitative estimate of drug-likeness (QED) is 0.0716. The fourth-order valence-corrected chi connectivity index (χ4v) is 2.52. The molecule has 0 N–H and O–H groups in total. The van der Waals surface area contributed by atoms with E-state index in [2.05, 4.69) is 6.58 Å². The Morgan fingerprint density at radius 1 is 0.500 bits per heavy atom. The Kier molecular flexibility index (Phi) is 23.8. The maximum atomic E-state index is 5.59. The van der Waals surface area contributed by atoms with Crippen molar-refractivity contribution >= 4 is 0 Å². The van der Waals surface area contributed by atoms with E-state index in [1.807, 2.05) is 31.2 Å². The molecule has 208 valence electrons. The minimum atomic E-state index is 0.363. The van der Waals surface area contributed by atoms with Gasteiger partial charge < -0.3 is 37.9 Å². The summed E-state index contributed by atoms with van der Waals surface area (Å²) in [4.78, 5) is 9.61. The zero-order valence-corrected chi connectivity index (χ0v) is 21.7. The van der Waals surface area contributed by atoms with Crippen LogP contribution in [0.5, 0.6) is 5.75 Å². The summed E-state index contributed by atoms with van der Waals surface area (Å²) in [7, 11) is 0. The van der Waals surface area contributed by atoms with Gasteiger partial charge in [-0.05, 0) is 19.1 Å². The molecular formula is C26H44O10. The monoisotopic (exact) mass is 516 g/mol. The molecule has 0 aliphatic heterocycles. The van der Waals surface area contributed by atoms with Crippen molar-refractivity contribution < 1.29 is 47.7 Å². The van der Waals surface area contributed by atoms with Gasteiger partial charge in [0.25, 0.3) is 0 Å². The average molecular weight is 517 g/mol. The molecule has 0 unspecified atom stereocenters. The number of hydrogen-bond acceptors (Lipinski definition) is 10. The number of aryl methyl sites for hydroxylation is 1. The predicted octanol–water partition coefficient (Wildman–Crippen LogP) is 2.62. The summed E-state index contributed by atoms with van der Waals surface area (Å²) in [5, 5.41) is 0. The Balaban J connectivity index is 1.65. The van der Waals surface area contributed by atoms with Crippen molar-refractivity contribution in [3.05, 3.63) is 42.5 Å². The van der Waals surface area contributed by atoms with Gasteiger partial charge in [-0.2, -0.15) is 0 Å². The first kappa shape index (κ1) is 32.4. The average Bonchev–Trinajstić information content (AvgIpc) is 2.89. The van der Waals surface area contributed by atoms with E-state index in [0.29, 0.717) is 112 Å². The Hall–Kier alpha value is -1.60. The molecule has 0 aliphatic carbocycles. The van der Waals surface area contributed by atoms with Crippen LogP contribution >= 0.6 is 0 Å². The normalized spacial score (nSPS) is 11.1. The van der Waals surface area contributed by atoms with Gasteiger partial charge in [0.2, 0.25) is 0 Å². The standard InChI is InChI=1S/C26H44O10/c1-3-8-35-36-24-22-33-20-18-31-16-14-29-12-10-27-9-11-28-13-15-30-17-19-32-21-23-34-26-6-4-25(2)5-7-26/h3-7H,1,8-24H2,2H3. The van der Waals surface area contributed by atoms with Crippen LogP contribution in [-0.2, 0) is 42.9 Å². The van der Waals surface area contributed by atoms with E-state index in [9.17, 15) is 0 Å². The highest BCUT2D eigenvalue weighted by Gasteiger charge is 1.96. The highest BCUT2D eigenvalue weighted by atomic mass is 17.2. The van der Waals surface area contributed by atoms with Crippen LogP contribution in [0.25, 0.3) is 0 Å². The molecule has 0 amide bonds. The first-order chi connectivity index (χ1) is 17.8. The fraction of sp³-hybridized carbons (Fsp3) is 0.692. The van der Waals surface area contributed by atoms with E-state index in [4.69, 9.17) is 47.7 Å². The SMILES string of the molecule is C=CCOOCCOCCOCCOCCOCCOCCOCCOCCOc1ccc(C)cc1. The van der Waals surface area contributed by atoms with Gasteiger partial charge in [0.05, 0.1) is 92.5 Å². The van der Waals surface area contributed by atoms with E-state index in [1.54, 1.807) is 6.08 Å². The molecule has 0 aliphatic rings. The van der Waals surface area contributed by atoms with Crippen molar-refractivity contribution in [2.45, 2.75) is 6.92 Å². The van der Waals surface area contributed by atoms with Gasteiger partial charge in [0.15, 0.2) is 0 Å². The van der Waals surface area contributed by atoms with Gasteiger partial charge in [-0.1, -0.05) is 23.8 Å². The Labute approximate surface area is 215 Å². The molecule has 36 heavy (non-hydrogen) atoms. The summed E-state index contributed by atoms with van der Waals surface area (Å²) in [6.07, 6.45) is 1.61. The van der Waals surface area contributed by atoms with Crippen LogP contribution < -0.4 is 4.74 Å². The fourth-order valence-electron chi connectivity index (χ4n) is 2.52. The molecule has 0 heterocycles. The highest BCUT2D eigenvalue weighted by Crippen LogP contribution is 2.10. The van der Waals surface area contributed by atoms with Gasteiger partial charge in [-0.15, -0.1) is 6.58 Å². The number of ether oxygens (including phenoxy) is 8. The van der Waals surface area contributed by atoms with E-state index < -0.39 is 0 Å². The van der Waals surface area contributed by atoms with Crippen molar-refractivity contribution in [1.29, 1.82) is 0 Å². The summed E-state index contributed by atoms with van der Waals surface area (Å²) < 4.78 is 43.6. The van der Waals surface area contributed by atoms with E-state index in [1.165, 1.54) is 5.56 Å². The first-order valence-corrected chi connectivity index (χ1v) is 12.4. The molecule has 0 fully saturated rings. The third-order valence-electron chi connectivity index (χ3n) is 4.33. The van der Waals surface area contributed by atoms with Crippen molar-refractivity contribution in [2.24, 2.45) is 0 Å². The van der Waals surface area contributed by atoms with Crippen molar-refractivity contribution in [3.8, 4) is 5.75 Å². The molecule has 0 spiro atoms. The smallest absolute Gasteiger partial charge is 0.119 e. The van der Waals surface area contributed by atoms with Gasteiger partial charge in [-0.25, -0.2) is 9.78 Å². The lowest BCUT2D eigenvalue weighted by Crippen LogP contribution is -2.15. The molecule has 10 heteroatoms. The van der Waals surface area contributed by atoms with Gasteiger partial charge in [0, 0.05) is 0 Å². The van der Waals surface area contributed by atoms with E-state index >= 15 is 0 Å². The van der Waals surface area contributed by atoms with E-state index in [-0.39, 0.29) is 0 Å². The molecule has 0 bridgehead atoms. The first-order valence-electron chi connectivity index (χ1n) is 12.4. The second-order valence-corrected chi connectivity index (χ2v) is 7.34. The molecule has 10 nitrogen and oxygen atoms in total. The number of benzene rings is 1. The predicted molar refractivity (Wildman–Crippen MR) is 135 cm³/mol. The Bertz CT molecular complexity index is 585. The van der Waals surface area contributed by atoms with Crippen LogP contribution in [0.3, 0.4) is 0 Å². The van der Waals surface area contributed by atoms with Crippen molar-refractivity contribution in [3.63, 3.8) is 0 Å². The maximum Gasteiger partial charge on any atom is 0.119 e. The van der Waals surface area contributed by atoms with Gasteiger partial charge in [0.1, 0.15) is 25.6 Å². The maximum absolute atomic E-state index is 5.59. The lowest BCUT2D eigenvalue weighted by molar-refractivity contribution is -0.291. The summed E-state index contributed by atoms with van der Waals surface area (Å²) in [6, 6.07) is 7.95. The van der Waals surface area contributed by atoms with Crippen LogP contribution in [0.4, 0.5) is 0 Å². The summed E-state index contributed by atoms with van der Waals surface area (Å²) >= 11 is 0. The van der Waals surface area contributed by atoms with Crippen LogP contribution in [-0.4, -0.2) is 112 Å². The van der Waals surface area contributed by atoms with Crippen LogP contribution in [0.1, 0.15) is 5.56 Å². The molecule has 0 saturated carbocycles. The Morgan fingerprint density at radius 3 is 1.25 bits per heavy atom. The minimum absolute atomic E-state index is 0.363. The molecule has 1 rings (SSSR count). The zero-order valence-electron chi connectivity index (χ0n) is 21.7. The largest absolute Gasteiger partial charge is 0.491 e. The van der Waals surface area contributed by atoms with Crippen molar-refractivity contribution in [1.82, 2.24) is 0 Å². The van der Waals surface area contributed by atoms with Crippen LogP contribution in [0, 0.1) is 6.92 Å². The van der Waals surface area contributed by atoms with Crippen molar-refractivity contribution in [2.75, 3.05) is 112 Å². The van der Waals surface area contributed by atoms with Gasteiger partial charge >= 0.3 is 0 Å². The van der Waals surface area contributed by atoms with E-state index in [0.717, 1.165) is 5.75 Å². The third-order valence-corrected chi connectivity index (χ3v) is 4.33. The molecule has 0 saturated heterocycles. The number of rotatable bonds is 28. The molecule has 0 aromatic heterocycles. The lowest BCUT2D eigenvalue weighted by atomic mass is 10.2. The molecule has 1 aromatic rings. The minimum Gasteiger partial charge on any atom is -0.491 e. The molecule has 1 aromatic carbocycles. The summed E-state index contributed by atoms with van der Waals surface area (Å²) in [5.74, 6) is 0.853. The second kappa shape index (κ2) is 26.5. The zero-order chi connectivity index (χ0) is 25.8. The molecule has 0 radical (unpaired) electrons. The lowest BCUT2D eigenvalue weighted by Gasteiger charge is -2.09. The Morgan fingerprint density at radius 2 is 0.861 bits per heavy atom. The van der Waals surface area contributed by atoms with Crippen LogP contribution in [0.15, 0.2) is 36.9 Å². The third kappa shape index (κ3) is 22.8. The molecular weight excluding hydrogens is 472 g/mol. The topological polar surface area (TPSA) is 92.3 Å².